The maximum atomic E-state index is 10.8. The zero-order chi connectivity index (χ0) is 12.0. The normalized spacial score (nSPS) is 16.8. The van der Waals surface area contributed by atoms with E-state index in [9.17, 15) is 9.59 Å². The number of hydrogen-bond acceptors (Lipinski definition) is 3. The predicted molar refractivity (Wildman–Crippen MR) is 57.6 cm³/mol. The molecule has 88 valence electrons. The summed E-state index contributed by atoms with van der Waals surface area (Å²) in [5, 5.41) is 11.2. The third-order valence-corrected chi connectivity index (χ3v) is 2.41. The maximum absolute atomic E-state index is 10.8. The molecule has 0 aromatic carbocycles. The molecule has 1 amide bonds. The van der Waals surface area contributed by atoms with Gasteiger partial charge < -0.3 is 15.2 Å². The van der Waals surface area contributed by atoms with E-state index in [1.165, 1.54) is 0 Å². The minimum atomic E-state index is -1.05. The van der Waals surface area contributed by atoms with Crippen LogP contribution in [0.15, 0.2) is 23.5 Å². The molecular formula is C11H15NO4. The molecule has 0 saturated heterocycles. The van der Waals surface area contributed by atoms with Gasteiger partial charge in [0.25, 0.3) is 0 Å². The number of ether oxygens (including phenoxy) is 1. The van der Waals surface area contributed by atoms with Crippen LogP contribution in [-0.2, 0) is 14.3 Å². The van der Waals surface area contributed by atoms with E-state index >= 15 is 0 Å². The number of nitrogens with one attached hydrogen (secondary N) is 1. The van der Waals surface area contributed by atoms with Gasteiger partial charge in [-0.05, 0) is 24.5 Å². The summed E-state index contributed by atoms with van der Waals surface area (Å²) < 4.78 is 5.15. The fourth-order valence-electron chi connectivity index (χ4n) is 1.62. The van der Waals surface area contributed by atoms with E-state index in [4.69, 9.17) is 9.84 Å². The molecule has 0 unspecified atom stereocenters. The Morgan fingerprint density at radius 2 is 2.31 bits per heavy atom. The lowest BCUT2D eigenvalue weighted by Crippen LogP contribution is -2.36. The summed E-state index contributed by atoms with van der Waals surface area (Å²) in [6.45, 7) is 0. The maximum Gasteiger partial charge on any atom is 0.326 e. The standard InChI is InChI=1S/C11H15NO4/c1-16-10-5-3-2-4-8(10)6-9(11(14)15)12-7-13/h4-5,7,9H,2-3,6H2,1H3,(H,12,13)(H,14,15)/t9-/m0/s1. The molecule has 0 fully saturated rings. The van der Waals surface area contributed by atoms with Gasteiger partial charge in [-0.2, -0.15) is 0 Å². The van der Waals surface area contributed by atoms with Gasteiger partial charge in [0, 0.05) is 6.42 Å². The highest BCUT2D eigenvalue weighted by molar-refractivity contribution is 5.76. The van der Waals surface area contributed by atoms with Crippen molar-refractivity contribution < 1.29 is 19.4 Å². The van der Waals surface area contributed by atoms with Gasteiger partial charge in [-0.1, -0.05) is 6.08 Å². The van der Waals surface area contributed by atoms with Crippen LogP contribution >= 0.6 is 0 Å². The molecule has 1 rings (SSSR count). The van der Waals surface area contributed by atoms with Crippen molar-refractivity contribution >= 4 is 12.4 Å². The quantitative estimate of drug-likeness (QED) is 0.656. The van der Waals surface area contributed by atoms with Crippen LogP contribution in [0.1, 0.15) is 19.3 Å². The Morgan fingerprint density at radius 3 is 2.88 bits per heavy atom. The molecule has 0 aromatic rings. The second kappa shape index (κ2) is 5.95. The van der Waals surface area contributed by atoms with E-state index in [1.54, 1.807) is 7.11 Å². The summed E-state index contributed by atoms with van der Waals surface area (Å²) in [5.41, 5.74) is 0.829. The van der Waals surface area contributed by atoms with Crippen molar-refractivity contribution in [2.24, 2.45) is 0 Å². The number of hydrogen-bond donors (Lipinski definition) is 2. The lowest BCUT2D eigenvalue weighted by Gasteiger charge is -2.18. The van der Waals surface area contributed by atoms with Gasteiger partial charge >= 0.3 is 5.97 Å². The fourth-order valence-corrected chi connectivity index (χ4v) is 1.62. The number of aliphatic carboxylic acids is 1. The second-order valence-corrected chi connectivity index (χ2v) is 3.46. The van der Waals surface area contributed by atoms with Crippen molar-refractivity contribution in [2.75, 3.05) is 7.11 Å². The van der Waals surface area contributed by atoms with Crippen molar-refractivity contribution in [3.05, 3.63) is 23.5 Å². The number of carbonyl (C=O) groups excluding carboxylic acids is 1. The number of allylic oxidation sites excluding steroid dienone is 3. The number of carbonyl (C=O) groups is 2. The van der Waals surface area contributed by atoms with Crippen molar-refractivity contribution in [2.45, 2.75) is 25.3 Å². The average molecular weight is 225 g/mol. The number of carboxylic acid groups (broad SMARTS) is 1. The predicted octanol–water partition coefficient (Wildman–Crippen LogP) is 0.826. The molecular weight excluding hydrogens is 210 g/mol. The summed E-state index contributed by atoms with van der Waals surface area (Å²) in [6.07, 6.45) is 6.28. The molecule has 1 atom stereocenters. The third-order valence-electron chi connectivity index (χ3n) is 2.41. The molecule has 2 N–H and O–H groups in total. The molecule has 1 aliphatic carbocycles. The monoisotopic (exact) mass is 225 g/mol. The summed E-state index contributed by atoms with van der Waals surface area (Å²) >= 11 is 0. The SMILES string of the molecule is COC1=CCCC=C1C[C@H](NC=O)C(=O)O. The van der Waals surface area contributed by atoms with Gasteiger partial charge in [0.2, 0.25) is 6.41 Å². The Balaban J connectivity index is 2.70. The molecule has 5 heteroatoms. The van der Waals surface area contributed by atoms with E-state index in [-0.39, 0.29) is 6.42 Å². The van der Waals surface area contributed by atoms with Gasteiger partial charge in [0.1, 0.15) is 11.8 Å². The van der Waals surface area contributed by atoms with Crippen LogP contribution in [0.25, 0.3) is 0 Å². The highest BCUT2D eigenvalue weighted by atomic mass is 16.5. The van der Waals surface area contributed by atoms with E-state index in [1.807, 2.05) is 12.2 Å². The van der Waals surface area contributed by atoms with Crippen molar-refractivity contribution in [3.8, 4) is 0 Å². The van der Waals surface area contributed by atoms with Crippen LogP contribution < -0.4 is 5.32 Å². The Labute approximate surface area is 93.8 Å². The number of rotatable bonds is 6. The minimum absolute atomic E-state index is 0.244. The van der Waals surface area contributed by atoms with Gasteiger partial charge in [0.05, 0.1) is 7.11 Å². The highest BCUT2D eigenvalue weighted by Crippen LogP contribution is 2.23. The molecule has 0 aliphatic heterocycles. The first kappa shape index (κ1) is 12.3. The average Bonchev–Trinajstić information content (AvgIpc) is 2.29. The molecule has 1 aliphatic rings. The third kappa shape index (κ3) is 3.12. The Hall–Kier alpha value is -1.78. The summed E-state index contributed by atoms with van der Waals surface area (Å²) in [6, 6.07) is -0.902. The van der Waals surface area contributed by atoms with Crippen molar-refractivity contribution in [1.29, 1.82) is 0 Å². The second-order valence-electron chi connectivity index (χ2n) is 3.46. The number of amides is 1. The van der Waals surface area contributed by atoms with E-state index < -0.39 is 12.0 Å². The topological polar surface area (TPSA) is 75.6 Å². The number of carboxylic acids is 1. The van der Waals surface area contributed by atoms with Crippen molar-refractivity contribution in [3.63, 3.8) is 0 Å². The van der Waals surface area contributed by atoms with E-state index in [2.05, 4.69) is 5.32 Å². The fraction of sp³-hybridized carbons (Fsp3) is 0.455. The molecule has 0 saturated carbocycles. The van der Waals surface area contributed by atoms with Crippen LogP contribution in [-0.4, -0.2) is 30.6 Å². The molecule has 16 heavy (non-hydrogen) atoms. The largest absolute Gasteiger partial charge is 0.497 e. The number of methoxy groups -OCH3 is 1. The van der Waals surface area contributed by atoms with Crippen LogP contribution in [0.4, 0.5) is 0 Å². The highest BCUT2D eigenvalue weighted by Gasteiger charge is 2.21. The molecule has 0 aromatic heterocycles. The summed E-state index contributed by atoms with van der Waals surface area (Å²) in [7, 11) is 1.55. The van der Waals surface area contributed by atoms with Crippen LogP contribution in [0.2, 0.25) is 0 Å². The lowest BCUT2D eigenvalue weighted by atomic mass is 9.98. The minimum Gasteiger partial charge on any atom is -0.497 e. The molecule has 0 spiro atoms. The Morgan fingerprint density at radius 1 is 1.62 bits per heavy atom. The molecule has 0 bridgehead atoms. The van der Waals surface area contributed by atoms with Gasteiger partial charge in [0.15, 0.2) is 0 Å². The molecule has 5 nitrogen and oxygen atoms in total. The summed E-state index contributed by atoms with van der Waals surface area (Å²) in [5.74, 6) is -0.348. The smallest absolute Gasteiger partial charge is 0.326 e. The first-order chi connectivity index (χ1) is 7.69. The van der Waals surface area contributed by atoms with Crippen LogP contribution in [0, 0.1) is 0 Å². The van der Waals surface area contributed by atoms with E-state index in [0.29, 0.717) is 12.2 Å². The lowest BCUT2D eigenvalue weighted by molar-refractivity contribution is -0.140. The van der Waals surface area contributed by atoms with Crippen LogP contribution in [0.3, 0.4) is 0 Å². The van der Waals surface area contributed by atoms with Crippen LogP contribution in [0.5, 0.6) is 0 Å². The Kier molecular flexibility index (Phi) is 4.57. The summed E-state index contributed by atoms with van der Waals surface area (Å²) in [4.78, 5) is 21.1. The van der Waals surface area contributed by atoms with Gasteiger partial charge in [-0.25, -0.2) is 4.79 Å². The molecule has 0 radical (unpaired) electrons. The zero-order valence-electron chi connectivity index (χ0n) is 9.10. The first-order valence-electron chi connectivity index (χ1n) is 5.05. The van der Waals surface area contributed by atoms with Gasteiger partial charge in [-0.3, -0.25) is 4.79 Å². The zero-order valence-corrected chi connectivity index (χ0v) is 9.10. The Bertz CT molecular complexity index is 333. The first-order valence-corrected chi connectivity index (χ1v) is 5.05. The van der Waals surface area contributed by atoms with Gasteiger partial charge in [-0.15, -0.1) is 0 Å². The van der Waals surface area contributed by atoms with Crippen molar-refractivity contribution in [1.82, 2.24) is 5.32 Å². The molecule has 0 heterocycles. The van der Waals surface area contributed by atoms with E-state index in [0.717, 1.165) is 18.4 Å².